The number of hydrogen-bond donors (Lipinski definition) is 1. The van der Waals surface area contributed by atoms with Crippen molar-refractivity contribution in [3.8, 4) is 0 Å². The number of halogens is 2. The number of carbonyl (C=O) groups is 1. The van der Waals surface area contributed by atoms with Crippen molar-refractivity contribution in [1.29, 1.82) is 0 Å². The van der Waals surface area contributed by atoms with Crippen LogP contribution in [0.4, 0.5) is 4.79 Å². The number of rotatable bonds is 4. The molecule has 1 unspecified atom stereocenters. The van der Waals surface area contributed by atoms with Crippen LogP contribution in [0.3, 0.4) is 0 Å². The van der Waals surface area contributed by atoms with Crippen LogP contribution in [0, 0.1) is 0 Å². The second-order valence-electron chi connectivity index (χ2n) is 8.71. The number of likely N-dealkylation sites (tertiary alicyclic amines) is 1. The zero-order valence-corrected chi connectivity index (χ0v) is 20.5. The molecule has 0 bridgehead atoms. The molecule has 3 atom stereocenters. The smallest absolute Gasteiger partial charge is 0.410 e. The predicted molar refractivity (Wildman–Crippen MR) is 130 cm³/mol. The number of piperidine rings is 1. The maximum absolute atomic E-state index is 13.0. The number of carbonyl (C=O) groups excluding carboxylic acids is 1. The number of fused-ring (bicyclic) bond motifs is 2. The third-order valence-corrected chi connectivity index (χ3v) is 7.54. The van der Waals surface area contributed by atoms with E-state index in [1.807, 2.05) is 30.3 Å². The highest BCUT2D eigenvalue weighted by Crippen LogP contribution is 2.38. The van der Waals surface area contributed by atoms with E-state index in [9.17, 15) is 14.7 Å². The topological polar surface area (TPSA) is 93.9 Å². The van der Waals surface area contributed by atoms with Crippen molar-refractivity contribution in [3.63, 3.8) is 0 Å². The summed E-state index contributed by atoms with van der Waals surface area (Å²) < 4.78 is 13.5. The van der Waals surface area contributed by atoms with Gasteiger partial charge in [0.05, 0.1) is 40.9 Å². The zero-order chi connectivity index (χ0) is 23.9. The lowest BCUT2D eigenvalue weighted by atomic mass is 9.97. The molecule has 0 radical (unpaired) electrons. The van der Waals surface area contributed by atoms with Crippen LogP contribution < -0.4 is 5.56 Å². The Morgan fingerprint density at radius 3 is 2.91 bits per heavy atom. The normalized spacial score (nSPS) is 24.3. The maximum Gasteiger partial charge on any atom is 0.410 e. The van der Waals surface area contributed by atoms with Gasteiger partial charge in [0.1, 0.15) is 6.61 Å². The number of aromatic nitrogens is 2. The zero-order valence-electron chi connectivity index (χ0n) is 18.2. The largest absolute Gasteiger partial charge is 0.445 e. The molecule has 2 fully saturated rings. The van der Waals surface area contributed by atoms with Gasteiger partial charge in [-0.15, -0.1) is 0 Å². The van der Waals surface area contributed by atoms with Gasteiger partial charge in [-0.2, -0.15) is 0 Å². The van der Waals surface area contributed by atoms with E-state index in [2.05, 4.69) is 20.9 Å². The molecule has 1 aromatic heterocycles. The molecule has 2 saturated heterocycles. The molecule has 2 aliphatic rings. The Morgan fingerprint density at radius 2 is 2.12 bits per heavy atom. The summed E-state index contributed by atoms with van der Waals surface area (Å²) in [6.07, 6.45) is 2.24. The molecule has 0 saturated carbocycles. The maximum atomic E-state index is 13.0. The van der Waals surface area contributed by atoms with E-state index in [4.69, 9.17) is 21.1 Å². The van der Waals surface area contributed by atoms with Crippen LogP contribution >= 0.6 is 27.5 Å². The molecule has 10 heteroatoms. The molecule has 3 heterocycles. The Balaban J connectivity index is 1.32. The summed E-state index contributed by atoms with van der Waals surface area (Å²) >= 11 is 9.49. The molecule has 3 aromatic rings. The summed E-state index contributed by atoms with van der Waals surface area (Å²) in [6, 6.07) is 12.4. The first-order valence-electron chi connectivity index (χ1n) is 11.0. The van der Waals surface area contributed by atoms with E-state index in [1.165, 1.54) is 10.9 Å². The quantitative estimate of drug-likeness (QED) is 0.528. The Morgan fingerprint density at radius 1 is 1.32 bits per heavy atom. The van der Waals surface area contributed by atoms with Gasteiger partial charge < -0.3 is 19.5 Å². The van der Waals surface area contributed by atoms with Gasteiger partial charge in [-0.25, -0.2) is 9.78 Å². The molecule has 0 spiro atoms. The van der Waals surface area contributed by atoms with E-state index < -0.39 is 11.9 Å². The van der Waals surface area contributed by atoms with Crippen LogP contribution in [0.15, 0.2) is 58.1 Å². The van der Waals surface area contributed by atoms with Crippen molar-refractivity contribution >= 4 is 44.5 Å². The van der Waals surface area contributed by atoms with Crippen LogP contribution in [0.5, 0.6) is 0 Å². The molecule has 8 nitrogen and oxygen atoms in total. The van der Waals surface area contributed by atoms with Crippen LogP contribution in [-0.4, -0.2) is 50.1 Å². The number of benzene rings is 2. The summed E-state index contributed by atoms with van der Waals surface area (Å²) in [5.41, 5.74) is 1.07. The third kappa shape index (κ3) is 4.57. The third-order valence-electron chi connectivity index (χ3n) is 6.34. The van der Waals surface area contributed by atoms with Gasteiger partial charge >= 0.3 is 6.09 Å². The second-order valence-corrected chi connectivity index (χ2v) is 9.97. The van der Waals surface area contributed by atoms with Gasteiger partial charge in [0.2, 0.25) is 0 Å². The van der Waals surface area contributed by atoms with E-state index in [1.54, 1.807) is 17.0 Å². The van der Waals surface area contributed by atoms with Gasteiger partial charge in [0, 0.05) is 17.4 Å². The van der Waals surface area contributed by atoms with Gasteiger partial charge in [-0.05, 0) is 46.5 Å². The summed E-state index contributed by atoms with van der Waals surface area (Å²) in [5.74, 6) is -1.62. The fraction of sp³-hybridized carbons (Fsp3) is 0.375. The van der Waals surface area contributed by atoms with Crippen molar-refractivity contribution in [2.24, 2.45) is 0 Å². The molecule has 0 aliphatic carbocycles. The van der Waals surface area contributed by atoms with Crippen LogP contribution in [0.1, 0.15) is 24.8 Å². The van der Waals surface area contributed by atoms with Gasteiger partial charge in [-0.3, -0.25) is 9.36 Å². The molecular formula is C24H23BrClN3O5. The lowest BCUT2D eigenvalue weighted by molar-refractivity contribution is -0.202. The van der Waals surface area contributed by atoms with Gasteiger partial charge in [-0.1, -0.05) is 41.9 Å². The number of amides is 1. The first kappa shape index (κ1) is 23.3. The van der Waals surface area contributed by atoms with E-state index >= 15 is 0 Å². The van der Waals surface area contributed by atoms with Crippen molar-refractivity contribution in [3.05, 3.63) is 74.2 Å². The fourth-order valence-corrected chi connectivity index (χ4v) is 5.22. The minimum absolute atomic E-state index is 0.109. The molecule has 178 valence electrons. The lowest BCUT2D eigenvalue weighted by Crippen LogP contribution is -2.49. The highest BCUT2D eigenvalue weighted by atomic mass is 79.9. The molecule has 2 aliphatic heterocycles. The average Bonchev–Trinajstić information content (AvgIpc) is 3.17. The number of ether oxygens (including phenoxy) is 2. The molecule has 5 rings (SSSR count). The fourth-order valence-electron chi connectivity index (χ4n) is 4.72. The lowest BCUT2D eigenvalue weighted by Gasteiger charge is -2.35. The highest BCUT2D eigenvalue weighted by Gasteiger charge is 2.50. The summed E-state index contributed by atoms with van der Waals surface area (Å²) in [7, 11) is 0. The summed E-state index contributed by atoms with van der Waals surface area (Å²) in [4.78, 5) is 31.8. The van der Waals surface area contributed by atoms with Crippen LogP contribution in [0.2, 0.25) is 5.02 Å². The van der Waals surface area contributed by atoms with Crippen LogP contribution in [-0.2, 0) is 22.6 Å². The minimum Gasteiger partial charge on any atom is -0.445 e. The Labute approximate surface area is 209 Å². The highest BCUT2D eigenvalue weighted by molar-refractivity contribution is 9.10. The van der Waals surface area contributed by atoms with Gasteiger partial charge in [0.15, 0.2) is 5.79 Å². The molecule has 1 N–H and O–H groups in total. The van der Waals surface area contributed by atoms with Crippen molar-refractivity contribution in [2.45, 2.75) is 50.3 Å². The van der Waals surface area contributed by atoms with E-state index in [0.29, 0.717) is 33.4 Å². The van der Waals surface area contributed by atoms with E-state index in [-0.39, 0.29) is 37.3 Å². The van der Waals surface area contributed by atoms with Gasteiger partial charge in [0.25, 0.3) is 5.56 Å². The molecule has 34 heavy (non-hydrogen) atoms. The monoisotopic (exact) mass is 547 g/mol. The Kier molecular flexibility index (Phi) is 6.37. The standard InChI is InChI=1S/C24H23BrClN3O5/c25-17-10-19-16(9-18(17)26)22(30)28(14-27-19)13-24(32)11-20-21(34-24)7-4-8-29(20)23(31)33-12-15-5-2-1-3-6-15/h1-3,5-6,9-10,14,20-21,32H,4,7-8,11-13H2/t20-,21-,24?/m0/s1. The minimum atomic E-state index is -1.62. The van der Waals surface area contributed by atoms with Crippen molar-refractivity contribution in [2.75, 3.05) is 6.54 Å². The molecule has 2 aromatic carbocycles. The predicted octanol–water partition coefficient (Wildman–Crippen LogP) is 4.09. The average molecular weight is 549 g/mol. The van der Waals surface area contributed by atoms with Crippen molar-refractivity contribution in [1.82, 2.24) is 14.5 Å². The first-order valence-corrected chi connectivity index (χ1v) is 12.2. The van der Waals surface area contributed by atoms with Crippen LogP contribution in [0.25, 0.3) is 10.9 Å². The number of aliphatic hydroxyl groups is 1. The Hall–Kier alpha value is -2.46. The first-order chi connectivity index (χ1) is 16.3. The molecule has 1 amide bonds. The summed E-state index contributed by atoms with van der Waals surface area (Å²) in [5, 5.41) is 12.0. The Bertz CT molecular complexity index is 1290. The second kappa shape index (κ2) is 9.30. The van der Waals surface area contributed by atoms with E-state index in [0.717, 1.165) is 12.0 Å². The number of nitrogens with zero attached hydrogens (tertiary/aromatic N) is 3. The number of hydrogen-bond acceptors (Lipinski definition) is 6. The molecular weight excluding hydrogens is 526 g/mol. The summed E-state index contributed by atoms with van der Waals surface area (Å²) in [6.45, 7) is 0.594. The van der Waals surface area contributed by atoms with Crippen molar-refractivity contribution < 1.29 is 19.4 Å². The SMILES string of the molecule is O=C(OCc1ccccc1)N1CCC[C@@H]2OC(O)(Cn3cnc4cc(Br)c(Cl)cc4c3=O)C[C@@H]21.